The number of carbonyl (C=O) groups is 1. The lowest BCUT2D eigenvalue weighted by Gasteiger charge is -2.21. The van der Waals surface area contributed by atoms with Crippen LogP contribution in [0, 0.1) is 0 Å². The molecule has 6 nitrogen and oxygen atoms in total. The van der Waals surface area contributed by atoms with Crippen molar-refractivity contribution in [3.8, 4) is 0 Å². The molecule has 27 heavy (non-hydrogen) atoms. The molecule has 148 valence electrons. The standard InChI is InChI=1S/C21H30N2O4/c1-8-10-11-15(9-2)19-17(23-20(24)27-21(3,4)5)12-16(13-25-6)18(22-19)14-26-7/h8-12H,2,13-14H2,1,3-7H3,(H,23,24)/b10-8-,15-11+. The molecule has 1 aromatic rings. The van der Waals surface area contributed by atoms with E-state index in [0.717, 1.165) is 16.8 Å². The Morgan fingerprint density at radius 2 is 1.93 bits per heavy atom. The van der Waals surface area contributed by atoms with Crippen molar-refractivity contribution >= 4 is 17.4 Å². The number of pyridine rings is 1. The molecular formula is C21H30N2O4. The number of rotatable bonds is 8. The van der Waals surface area contributed by atoms with E-state index >= 15 is 0 Å². The van der Waals surface area contributed by atoms with Gasteiger partial charge in [-0.15, -0.1) is 0 Å². The van der Waals surface area contributed by atoms with Crippen LogP contribution in [-0.2, 0) is 27.4 Å². The highest BCUT2D eigenvalue weighted by Crippen LogP contribution is 2.27. The third kappa shape index (κ3) is 7.37. The van der Waals surface area contributed by atoms with E-state index in [1.165, 1.54) is 0 Å². The molecule has 0 atom stereocenters. The first-order valence-corrected chi connectivity index (χ1v) is 8.72. The molecule has 1 N–H and O–H groups in total. The van der Waals surface area contributed by atoms with Crippen LogP contribution >= 0.6 is 0 Å². The van der Waals surface area contributed by atoms with Gasteiger partial charge in [0, 0.05) is 25.4 Å². The van der Waals surface area contributed by atoms with E-state index in [0.29, 0.717) is 24.6 Å². The monoisotopic (exact) mass is 374 g/mol. The van der Waals surface area contributed by atoms with Gasteiger partial charge in [0.05, 0.1) is 30.3 Å². The van der Waals surface area contributed by atoms with Gasteiger partial charge in [-0.1, -0.05) is 30.9 Å². The van der Waals surface area contributed by atoms with E-state index in [2.05, 4.69) is 11.9 Å². The van der Waals surface area contributed by atoms with Gasteiger partial charge in [-0.3, -0.25) is 5.32 Å². The van der Waals surface area contributed by atoms with Crippen LogP contribution in [0.3, 0.4) is 0 Å². The van der Waals surface area contributed by atoms with Crippen molar-refractivity contribution in [3.63, 3.8) is 0 Å². The van der Waals surface area contributed by atoms with E-state index in [9.17, 15) is 4.79 Å². The van der Waals surface area contributed by atoms with Crippen LogP contribution in [0.2, 0.25) is 0 Å². The first kappa shape index (κ1) is 22.6. The Balaban J connectivity index is 3.47. The number of hydrogen-bond acceptors (Lipinski definition) is 5. The molecule has 0 spiro atoms. The van der Waals surface area contributed by atoms with Crippen molar-refractivity contribution in [1.29, 1.82) is 0 Å². The molecule has 0 aliphatic rings. The van der Waals surface area contributed by atoms with E-state index in [1.54, 1.807) is 20.3 Å². The average Bonchev–Trinajstić information content (AvgIpc) is 2.57. The summed E-state index contributed by atoms with van der Waals surface area (Å²) in [7, 11) is 3.21. The summed E-state index contributed by atoms with van der Waals surface area (Å²) in [5.41, 5.74) is 2.82. The summed E-state index contributed by atoms with van der Waals surface area (Å²) in [5.74, 6) is 0. The van der Waals surface area contributed by atoms with Gasteiger partial charge >= 0.3 is 6.09 Å². The first-order valence-electron chi connectivity index (χ1n) is 8.72. The lowest BCUT2D eigenvalue weighted by atomic mass is 10.1. The minimum absolute atomic E-state index is 0.326. The summed E-state index contributed by atoms with van der Waals surface area (Å²) in [6.45, 7) is 11.9. The Kier molecular flexibility index (Phi) is 8.91. The van der Waals surface area contributed by atoms with Crippen LogP contribution in [-0.4, -0.2) is 30.9 Å². The largest absolute Gasteiger partial charge is 0.444 e. The first-order chi connectivity index (χ1) is 12.8. The predicted octanol–water partition coefficient (Wildman–Crippen LogP) is 4.87. The molecule has 1 amide bonds. The lowest BCUT2D eigenvalue weighted by Crippen LogP contribution is -2.27. The summed E-state index contributed by atoms with van der Waals surface area (Å²) in [6, 6.07) is 1.83. The summed E-state index contributed by atoms with van der Waals surface area (Å²) in [4.78, 5) is 17.0. The number of allylic oxidation sites excluding steroid dienone is 5. The Bertz CT molecular complexity index is 716. The summed E-state index contributed by atoms with van der Waals surface area (Å²) in [5, 5.41) is 2.79. The van der Waals surface area contributed by atoms with Crippen molar-refractivity contribution in [1.82, 2.24) is 4.98 Å². The van der Waals surface area contributed by atoms with E-state index in [1.807, 2.05) is 52.0 Å². The second-order valence-electron chi connectivity index (χ2n) is 6.84. The zero-order chi connectivity index (χ0) is 20.4. The molecule has 0 aromatic carbocycles. The molecule has 1 aromatic heterocycles. The summed E-state index contributed by atoms with van der Waals surface area (Å²) in [6.07, 6.45) is 6.80. The Morgan fingerprint density at radius 1 is 1.26 bits per heavy atom. The lowest BCUT2D eigenvalue weighted by molar-refractivity contribution is 0.0635. The van der Waals surface area contributed by atoms with Crippen LogP contribution in [0.25, 0.3) is 5.57 Å². The Hall–Kier alpha value is -2.44. The molecule has 0 fully saturated rings. The van der Waals surface area contributed by atoms with Crippen LogP contribution in [0.4, 0.5) is 10.5 Å². The Morgan fingerprint density at radius 3 is 2.44 bits per heavy atom. The predicted molar refractivity (Wildman–Crippen MR) is 109 cm³/mol. The van der Waals surface area contributed by atoms with Gasteiger partial charge in [-0.2, -0.15) is 0 Å². The number of anilines is 1. The molecular weight excluding hydrogens is 344 g/mol. The van der Waals surface area contributed by atoms with Gasteiger partial charge in [0.2, 0.25) is 0 Å². The molecule has 1 heterocycles. The second-order valence-corrected chi connectivity index (χ2v) is 6.84. The van der Waals surface area contributed by atoms with Gasteiger partial charge in [-0.05, 0) is 33.8 Å². The maximum Gasteiger partial charge on any atom is 0.412 e. The molecule has 0 aliphatic heterocycles. The number of nitrogens with one attached hydrogen (secondary N) is 1. The van der Waals surface area contributed by atoms with Gasteiger partial charge in [0.25, 0.3) is 0 Å². The maximum atomic E-state index is 12.3. The van der Waals surface area contributed by atoms with E-state index < -0.39 is 11.7 Å². The SMILES string of the molecule is C=C/C(=C\C=C/C)c1nc(COC)c(COC)cc1NC(=O)OC(C)(C)C. The van der Waals surface area contributed by atoms with Crippen LogP contribution in [0.1, 0.15) is 44.6 Å². The second kappa shape index (κ2) is 10.6. The van der Waals surface area contributed by atoms with Crippen molar-refractivity contribution in [2.75, 3.05) is 19.5 Å². The van der Waals surface area contributed by atoms with E-state index in [4.69, 9.17) is 19.2 Å². The van der Waals surface area contributed by atoms with Crippen molar-refractivity contribution < 1.29 is 19.0 Å². The van der Waals surface area contributed by atoms with Gasteiger partial charge in [-0.25, -0.2) is 9.78 Å². The van der Waals surface area contributed by atoms with Crippen LogP contribution in [0.5, 0.6) is 0 Å². The molecule has 0 aliphatic carbocycles. The molecule has 0 unspecified atom stereocenters. The highest BCUT2D eigenvalue weighted by atomic mass is 16.6. The van der Waals surface area contributed by atoms with Gasteiger partial charge in [0.15, 0.2) is 0 Å². The van der Waals surface area contributed by atoms with Crippen LogP contribution in [0.15, 0.2) is 36.9 Å². The zero-order valence-electron chi connectivity index (χ0n) is 17.1. The molecule has 0 bridgehead atoms. The molecule has 0 saturated carbocycles. The summed E-state index contributed by atoms with van der Waals surface area (Å²) >= 11 is 0. The highest BCUT2D eigenvalue weighted by molar-refractivity contribution is 5.91. The quantitative estimate of drug-likeness (QED) is 0.658. The number of hydrogen-bond donors (Lipinski definition) is 1. The van der Waals surface area contributed by atoms with E-state index in [-0.39, 0.29) is 0 Å². The number of aromatic nitrogens is 1. The fourth-order valence-electron chi connectivity index (χ4n) is 2.31. The van der Waals surface area contributed by atoms with Crippen molar-refractivity contribution in [2.45, 2.75) is 46.5 Å². The summed E-state index contributed by atoms with van der Waals surface area (Å²) < 4.78 is 15.9. The fraction of sp³-hybridized carbons (Fsp3) is 0.429. The smallest absolute Gasteiger partial charge is 0.412 e. The number of carbonyl (C=O) groups excluding carboxylic acids is 1. The highest BCUT2D eigenvalue weighted by Gasteiger charge is 2.20. The average molecular weight is 374 g/mol. The molecule has 6 heteroatoms. The Labute approximate surface area is 161 Å². The zero-order valence-corrected chi connectivity index (χ0v) is 17.1. The number of nitrogens with zero attached hydrogens (tertiary/aromatic N) is 1. The van der Waals surface area contributed by atoms with Crippen molar-refractivity contribution in [3.05, 3.63) is 53.9 Å². The maximum absolute atomic E-state index is 12.3. The minimum atomic E-state index is -0.606. The number of ether oxygens (including phenoxy) is 3. The molecule has 0 radical (unpaired) electrons. The third-order valence-electron chi connectivity index (χ3n) is 3.37. The van der Waals surface area contributed by atoms with Gasteiger partial charge < -0.3 is 14.2 Å². The van der Waals surface area contributed by atoms with Crippen LogP contribution < -0.4 is 5.32 Å². The normalized spacial score (nSPS) is 12.3. The number of methoxy groups -OCH3 is 2. The molecule has 0 saturated heterocycles. The number of amides is 1. The van der Waals surface area contributed by atoms with Crippen molar-refractivity contribution in [2.24, 2.45) is 0 Å². The fourth-order valence-corrected chi connectivity index (χ4v) is 2.31. The van der Waals surface area contributed by atoms with Gasteiger partial charge in [0.1, 0.15) is 5.60 Å². The third-order valence-corrected chi connectivity index (χ3v) is 3.37. The topological polar surface area (TPSA) is 69.7 Å². The minimum Gasteiger partial charge on any atom is -0.444 e. The molecule has 1 rings (SSSR count).